The molecule has 0 fully saturated rings. The zero-order chi connectivity index (χ0) is 12.3. The summed E-state index contributed by atoms with van der Waals surface area (Å²) < 4.78 is 38.2. The van der Waals surface area contributed by atoms with Crippen molar-refractivity contribution >= 4 is 17.6 Å². The van der Waals surface area contributed by atoms with Gasteiger partial charge < -0.3 is 5.11 Å². The van der Waals surface area contributed by atoms with Crippen molar-refractivity contribution in [3.63, 3.8) is 0 Å². The Morgan fingerprint density at radius 1 is 1.56 bits per heavy atom. The third-order valence-electron chi connectivity index (χ3n) is 1.84. The summed E-state index contributed by atoms with van der Waals surface area (Å²) in [7, 11) is 0. The van der Waals surface area contributed by atoms with Crippen LogP contribution in [0, 0.1) is 5.82 Å². The maximum Gasteiger partial charge on any atom is 0.307 e. The minimum absolute atomic E-state index is 0.314. The third kappa shape index (κ3) is 2.85. The van der Waals surface area contributed by atoms with E-state index in [4.69, 9.17) is 16.7 Å². The summed E-state index contributed by atoms with van der Waals surface area (Å²) in [5, 5.41) is 8.47. The number of hydrogen-bond donors (Lipinski definition) is 1. The highest BCUT2D eigenvalue weighted by Crippen LogP contribution is 2.24. The lowest BCUT2D eigenvalue weighted by Crippen LogP contribution is -2.09. The van der Waals surface area contributed by atoms with E-state index in [0.29, 0.717) is 0 Å². The number of halogens is 4. The van der Waals surface area contributed by atoms with Gasteiger partial charge in [0.05, 0.1) is 18.0 Å². The van der Waals surface area contributed by atoms with Crippen molar-refractivity contribution in [3.05, 3.63) is 28.8 Å². The van der Waals surface area contributed by atoms with E-state index in [9.17, 15) is 18.0 Å². The summed E-state index contributed by atoms with van der Waals surface area (Å²) in [4.78, 5) is 13.7. The lowest BCUT2D eigenvalue weighted by Gasteiger charge is -2.08. The molecule has 0 saturated heterocycles. The average molecular weight is 254 g/mol. The van der Waals surface area contributed by atoms with E-state index < -0.39 is 30.3 Å². The van der Waals surface area contributed by atoms with Gasteiger partial charge in [0, 0.05) is 0 Å². The molecular weight excluding hydrogens is 247 g/mol. The zero-order valence-electron chi connectivity index (χ0n) is 7.88. The molecule has 0 spiro atoms. The van der Waals surface area contributed by atoms with Crippen LogP contribution in [-0.4, -0.2) is 16.1 Å². The van der Waals surface area contributed by atoms with Crippen LogP contribution in [0.25, 0.3) is 0 Å². The second-order valence-corrected chi connectivity index (χ2v) is 3.23. The van der Waals surface area contributed by atoms with Gasteiger partial charge in [0.1, 0.15) is 11.5 Å². The monoisotopic (exact) mass is 253 g/mol. The number of alkyl halides is 3. The van der Waals surface area contributed by atoms with Gasteiger partial charge in [0.25, 0.3) is 6.43 Å². The topological polar surface area (TPSA) is 50.2 Å². The maximum absolute atomic E-state index is 13.2. The Bertz CT molecular complexity index is 412. The van der Waals surface area contributed by atoms with Crippen LogP contribution in [-0.2, 0) is 17.1 Å². The largest absolute Gasteiger partial charge is 0.481 e. The number of carboxylic acid groups (broad SMARTS) is 1. The van der Waals surface area contributed by atoms with E-state index in [-0.39, 0.29) is 17.1 Å². The van der Waals surface area contributed by atoms with Crippen molar-refractivity contribution in [2.45, 2.75) is 18.7 Å². The van der Waals surface area contributed by atoms with Crippen LogP contribution in [0.3, 0.4) is 0 Å². The van der Waals surface area contributed by atoms with E-state index in [1.165, 1.54) is 0 Å². The zero-order valence-corrected chi connectivity index (χ0v) is 8.64. The Labute approximate surface area is 93.9 Å². The molecule has 0 unspecified atom stereocenters. The number of pyridine rings is 1. The Kier molecular flexibility index (Phi) is 4.12. The molecule has 0 bridgehead atoms. The Balaban J connectivity index is 3.24. The molecule has 0 aromatic carbocycles. The Morgan fingerprint density at radius 2 is 2.19 bits per heavy atom. The van der Waals surface area contributed by atoms with Crippen molar-refractivity contribution in [2.75, 3.05) is 0 Å². The standard InChI is InChI=1S/C9H7ClF3NO2/c10-3-6-5(11)1-4(2-7(15)16)8(14-6)9(12)13/h1,9H,2-3H2,(H,15,16). The first-order chi connectivity index (χ1) is 7.45. The van der Waals surface area contributed by atoms with E-state index in [0.717, 1.165) is 6.07 Å². The number of carbonyl (C=O) groups is 1. The van der Waals surface area contributed by atoms with Gasteiger partial charge in [-0.15, -0.1) is 11.6 Å². The minimum atomic E-state index is -2.96. The molecule has 1 aromatic rings. The first kappa shape index (κ1) is 12.8. The van der Waals surface area contributed by atoms with Crippen LogP contribution >= 0.6 is 11.6 Å². The Hall–Kier alpha value is -1.30. The molecular formula is C9H7ClF3NO2. The second-order valence-electron chi connectivity index (χ2n) is 2.97. The van der Waals surface area contributed by atoms with E-state index in [1.807, 2.05) is 0 Å². The van der Waals surface area contributed by atoms with Gasteiger partial charge in [-0.1, -0.05) is 0 Å². The molecule has 0 atom stereocenters. The van der Waals surface area contributed by atoms with Crippen molar-refractivity contribution in [2.24, 2.45) is 0 Å². The predicted molar refractivity (Wildman–Crippen MR) is 50.0 cm³/mol. The second kappa shape index (κ2) is 5.16. The molecule has 0 aliphatic heterocycles. The molecule has 0 aliphatic rings. The van der Waals surface area contributed by atoms with E-state index in [2.05, 4.69) is 4.98 Å². The van der Waals surface area contributed by atoms with Gasteiger partial charge >= 0.3 is 5.97 Å². The van der Waals surface area contributed by atoms with Crippen molar-refractivity contribution in [3.8, 4) is 0 Å². The minimum Gasteiger partial charge on any atom is -0.481 e. The molecule has 1 rings (SSSR count). The van der Waals surface area contributed by atoms with Crippen LogP contribution in [0.1, 0.15) is 23.4 Å². The molecule has 3 nitrogen and oxygen atoms in total. The van der Waals surface area contributed by atoms with Crippen molar-refractivity contribution < 1.29 is 23.1 Å². The molecule has 88 valence electrons. The number of nitrogens with zero attached hydrogens (tertiary/aromatic N) is 1. The number of carboxylic acids is 1. The van der Waals surface area contributed by atoms with Gasteiger partial charge in [0.2, 0.25) is 0 Å². The van der Waals surface area contributed by atoms with Crippen molar-refractivity contribution in [1.29, 1.82) is 0 Å². The molecule has 0 amide bonds. The summed E-state index contributed by atoms with van der Waals surface area (Å²) in [5.41, 5.74) is -1.39. The highest BCUT2D eigenvalue weighted by Gasteiger charge is 2.20. The lowest BCUT2D eigenvalue weighted by molar-refractivity contribution is -0.136. The average Bonchev–Trinajstić information content (AvgIpc) is 2.16. The summed E-state index contributed by atoms with van der Waals surface area (Å²) in [6.07, 6.45) is -3.66. The molecule has 0 aliphatic carbocycles. The summed E-state index contributed by atoms with van der Waals surface area (Å²) >= 11 is 5.30. The Morgan fingerprint density at radius 3 is 2.62 bits per heavy atom. The number of hydrogen-bond acceptors (Lipinski definition) is 2. The summed E-state index contributed by atoms with van der Waals surface area (Å²) in [6, 6.07) is 0.736. The first-order valence-electron chi connectivity index (χ1n) is 4.19. The van der Waals surface area contributed by atoms with Crippen LogP contribution < -0.4 is 0 Å². The number of rotatable bonds is 4. The third-order valence-corrected chi connectivity index (χ3v) is 2.09. The fraction of sp³-hybridized carbons (Fsp3) is 0.333. The molecule has 1 aromatic heterocycles. The van der Waals surface area contributed by atoms with Crippen molar-refractivity contribution in [1.82, 2.24) is 4.98 Å². The highest BCUT2D eigenvalue weighted by atomic mass is 35.5. The molecule has 0 saturated carbocycles. The summed E-state index contributed by atoms with van der Waals surface area (Å²) in [5.74, 6) is -2.56. The van der Waals surface area contributed by atoms with Gasteiger partial charge in [-0.3, -0.25) is 4.79 Å². The fourth-order valence-corrected chi connectivity index (χ4v) is 1.36. The van der Waals surface area contributed by atoms with Crippen LogP contribution in [0.2, 0.25) is 0 Å². The molecule has 7 heteroatoms. The molecule has 0 radical (unpaired) electrons. The predicted octanol–water partition coefficient (Wildman–Crippen LogP) is 2.52. The van der Waals surface area contributed by atoms with Crippen LogP contribution in [0.5, 0.6) is 0 Å². The first-order valence-corrected chi connectivity index (χ1v) is 4.73. The van der Waals surface area contributed by atoms with E-state index in [1.54, 1.807) is 0 Å². The quantitative estimate of drug-likeness (QED) is 0.839. The molecule has 1 N–H and O–H groups in total. The number of aromatic nitrogens is 1. The number of aliphatic carboxylic acids is 1. The van der Waals surface area contributed by atoms with Gasteiger partial charge in [-0.2, -0.15) is 0 Å². The SMILES string of the molecule is O=C(O)Cc1cc(F)c(CCl)nc1C(F)F. The normalized spacial score (nSPS) is 10.8. The van der Waals surface area contributed by atoms with E-state index >= 15 is 0 Å². The van der Waals surface area contributed by atoms with Gasteiger partial charge in [0.15, 0.2) is 0 Å². The maximum atomic E-state index is 13.2. The molecule has 16 heavy (non-hydrogen) atoms. The smallest absolute Gasteiger partial charge is 0.307 e. The lowest BCUT2D eigenvalue weighted by atomic mass is 10.1. The molecule has 1 heterocycles. The summed E-state index contributed by atoms with van der Waals surface area (Å²) in [6.45, 7) is 0. The fourth-order valence-electron chi connectivity index (χ4n) is 1.17. The van der Waals surface area contributed by atoms with Crippen LogP contribution in [0.15, 0.2) is 6.07 Å². The van der Waals surface area contributed by atoms with Crippen LogP contribution in [0.4, 0.5) is 13.2 Å². The van der Waals surface area contributed by atoms with Gasteiger partial charge in [-0.05, 0) is 11.6 Å². The van der Waals surface area contributed by atoms with Gasteiger partial charge in [-0.25, -0.2) is 18.2 Å². The highest BCUT2D eigenvalue weighted by molar-refractivity contribution is 6.16.